The van der Waals surface area contributed by atoms with Crippen LogP contribution < -0.4 is 9.47 Å². The Hall–Kier alpha value is -2.67. The van der Waals surface area contributed by atoms with E-state index in [2.05, 4.69) is 9.97 Å². The number of amides is 1. The van der Waals surface area contributed by atoms with Gasteiger partial charge in [-0.25, -0.2) is 4.98 Å². The zero-order valence-electron chi connectivity index (χ0n) is 15.8. The van der Waals surface area contributed by atoms with E-state index in [0.29, 0.717) is 31.3 Å². The van der Waals surface area contributed by atoms with Crippen molar-refractivity contribution in [2.75, 3.05) is 26.3 Å². The van der Waals surface area contributed by atoms with Crippen molar-refractivity contribution in [2.24, 2.45) is 0 Å². The lowest BCUT2D eigenvalue weighted by atomic mass is 9.83. The fourth-order valence-corrected chi connectivity index (χ4v) is 3.87. The topological polar surface area (TPSA) is 73.8 Å². The molecule has 1 aromatic carbocycles. The number of likely N-dealkylation sites (tertiary alicyclic amines) is 1. The van der Waals surface area contributed by atoms with E-state index in [1.54, 1.807) is 18.6 Å². The molecular formula is C21H25N3O4. The highest BCUT2D eigenvalue weighted by Gasteiger charge is 2.42. The highest BCUT2D eigenvalue weighted by molar-refractivity contribution is 5.77. The lowest BCUT2D eigenvalue weighted by Crippen LogP contribution is -2.53. The van der Waals surface area contributed by atoms with Crippen molar-refractivity contribution in [3.63, 3.8) is 0 Å². The number of hydrogen-bond donors (Lipinski definition) is 0. The summed E-state index contributed by atoms with van der Waals surface area (Å²) in [5, 5.41) is 0. The zero-order chi connectivity index (χ0) is 19.2. The molecule has 1 unspecified atom stereocenters. The molecule has 0 radical (unpaired) electrons. The quantitative estimate of drug-likeness (QED) is 0.790. The molecule has 7 heteroatoms. The molecule has 0 saturated carbocycles. The van der Waals surface area contributed by atoms with E-state index >= 15 is 0 Å². The van der Waals surface area contributed by atoms with Gasteiger partial charge in [-0.1, -0.05) is 18.2 Å². The maximum atomic E-state index is 12.5. The molecular weight excluding hydrogens is 358 g/mol. The SMILES string of the molecule is O=C(COc1ccccc1)N1CCC2(CC1)CC(Oc1cnccn1)CCO2. The maximum Gasteiger partial charge on any atom is 0.260 e. The number of piperidine rings is 1. The fourth-order valence-electron chi connectivity index (χ4n) is 3.87. The molecule has 4 rings (SSSR count). The van der Waals surface area contributed by atoms with Crippen LogP contribution in [0.25, 0.3) is 0 Å². The largest absolute Gasteiger partial charge is 0.484 e. The number of hydrogen-bond acceptors (Lipinski definition) is 6. The van der Waals surface area contributed by atoms with E-state index in [-0.39, 0.29) is 24.2 Å². The highest BCUT2D eigenvalue weighted by atomic mass is 16.5. The maximum absolute atomic E-state index is 12.5. The van der Waals surface area contributed by atoms with E-state index in [0.717, 1.165) is 25.7 Å². The van der Waals surface area contributed by atoms with Crippen LogP contribution in [0, 0.1) is 0 Å². The van der Waals surface area contributed by atoms with Crippen molar-refractivity contribution in [1.29, 1.82) is 0 Å². The van der Waals surface area contributed by atoms with Crippen LogP contribution in [-0.2, 0) is 9.53 Å². The van der Waals surface area contributed by atoms with Crippen molar-refractivity contribution in [1.82, 2.24) is 14.9 Å². The summed E-state index contributed by atoms with van der Waals surface area (Å²) in [7, 11) is 0. The molecule has 0 N–H and O–H groups in total. The first-order chi connectivity index (χ1) is 13.7. The number of nitrogens with zero attached hydrogens (tertiary/aromatic N) is 3. The van der Waals surface area contributed by atoms with E-state index in [1.165, 1.54) is 0 Å². The van der Waals surface area contributed by atoms with Gasteiger partial charge in [0.1, 0.15) is 11.9 Å². The standard InChI is InChI=1S/C21H25N3O4/c25-20(16-26-17-4-2-1-3-5-17)24-11-7-21(8-12-24)14-18(6-13-27-21)28-19-15-22-9-10-23-19/h1-5,9-10,15,18H,6-8,11-14,16H2. The second kappa shape index (κ2) is 8.56. The third kappa shape index (κ3) is 4.59. The van der Waals surface area contributed by atoms with Gasteiger partial charge >= 0.3 is 0 Å². The van der Waals surface area contributed by atoms with Crippen molar-refractivity contribution in [2.45, 2.75) is 37.4 Å². The second-order valence-corrected chi connectivity index (χ2v) is 7.29. The average Bonchev–Trinajstić information content (AvgIpc) is 2.74. The Bertz CT molecular complexity index is 764. The van der Waals surface area contributed by atoms with Gasteiger partial charge < -0.3 is 19.1 Å². The number of aromatic nitrogens is 2. The van der Waals surface area contributed by atoms with Gasteiger partial charge in [-0.05, 0) is 25.0 Å². The number of para-hydroxylation sites is 1. The molecule has 7 nitrogen and oxygen atoms in total. The molecule has 2 aliphatic heterocycles. The van der Waals surface area contributed by atoms with Gasteiger partial charge in [0.2, 0.25) is 5.88 Å². The van der Waals surface area contributed by atoms with Gasteiger partial charge in [0, 0.05) is 38.3 Å². The molecule has 1 aromatic heterocycles. The predicted octanol–water partition coefficient (Wildman–Crippen LogP) is 2.47. The summed E-state index contributed by atoms with van der Waals surface area (Å²) in [5.74, 6) is 1.28. The van der Waals surface area contributed by atoms with E-state index in [1.807, 2.05) is 35.2 Å². The van der Waals surface area contributed by atoms with E-state index in [4.69, 9.17) is 14.2 Å². The lowest BCUT2D eigenvalue weighted by molar-refractivity contribution is -0.153. The molecule has 1 atom stereocenters. The van der Waals surface area contributed by atoms with E-state index in [9.17, 15) is 4.79 Å². The van der Waals surface area contributed by atoms with Crippen molar-refractivity contribution in [3.8, 4) is 11.6 Å². The second-order valence-electron chi connectivity index (χ2n) is 7.29. The summed E-state index contributed by atoms with van der Waals surface area (Å²) in [4.78, 5) is 22.6. The van der Waals surface area contributed by atoms with Gasteiger partial charge in [0.05, 0.1) is 18.4 Å². The third-order valence-electron chi connectivity index (χ3n) is 5.41. The van der Waals surface area contributed by atoms with Crippen LogP contribution in [0.2, 0.25) is 0 Å². The minimum absolute atomic E-state index is 0.0156. The summed E-state index contributed by atoms with van der Waals surface area (Å²) in [6, 6.07) is 9.41. The summed E-state index contributed by atoms with van der Waals surface area (Å²) in [6.07, 6.45) is 8.23. The highest BCUT2D eigenvalue weighted by Crippen LogP contribution is 2.36. The summed E-state index contributed by atoms with van der Waals surface area (Å²) >= 11 is 0. The Kier molecular flexibility index (Phi) is 5.71. The monoisotopic (exact) mass is 383 g/mol. The Labute approximate surface area is 164 Å². The molecule has 2 saturated heterocycles. The molecule has 1 amide bonds. The van der Waals surface area contributed by atoms with Gasteiger partial charge in [-0.2, -0.15) is 0 Å². The van der Waals surface area contributed by atoms with Crippen molar-refractivity contribution in [3.05, 3.63) is 48.9 Å². The van der Waals surface area contributed by atoms with Crippen LogP contribution >= 0.6 is 0 Å². The molecule has 2 aliphatic rings. The molecule has 2 aromatic rings. The van der Waals surface area contributed by atoms with Crippen LogP contribution in [0.4, 0.5) is 0 Å². The van der Waals surface area contributed by atoms with Crippen LogP contribution in [0.3, 0.4) is 0 Å². The molecule has 3 heterocycles. The van der Waals surface area contributed by atoms with Crippen LogP contribution in [0.15, 0.2) is 48.9 Å². The van der Waals surface area contributed by atoms with Gasteiger partial charge in [-0.3, -0.25) is 9.78 Å². The Morgan fingerprint density at radius 1 is 1.21 bits per heavy atom. The molecule has 2 fully saturated rings. The average molecular weight is 383 g/mol. The van der Waals surface area contributed by atoms with Gasteiger partial charge in [-0.15, -0.1) is 0 Å². The first-order valence-electron chi connectivity index (χ1n) is 9.75. The Balaban J connectivity index is 1.27. The zero-order valence-corrected chi connectivity index (χ0v) is 15.8. The summed E-state index contributed by atoms with van der Waals surface area (Å²) < 4.78 is 17.7. The smallest absolute Gasteiger partial charge is 0.260 e. The molecule has 148 valence electrons. The first kappa shape index (κ1) is 18.7. The van der Waals surface area contributed by atoms with Crippen molar-refractivity contribution < 1.29 is 19.0 Å². The normalized spacial score (nSPS) is 21.3. The minimum atomic E-state index is -0.220. The van der Waals surface area contributed by atoms with Gasteiger partial charge in [0.15, 0.2) is 6.61 Å². The summed E-state index contributed by atoms with van der Waals surface area (Å²) in [6.45, 7) is 2.08. The minimum Gasteiger partial charge on any atom is -0.484 e. The number of benzene rings is 1. The summed E-state index contributed by atoms with van der Waals surface area (Å²) in [5.41, 5.74) is -0.220. The molecule has 0 aliphatic carbocycles. The number of rotatable bonds is 5. The van der Waals surface area contributed by atoms with Crippen molar-refractivity contribution >= 4 is 5.91 Å². The molecule has 0 bridgehead atoms. The number of carbonyl (C=O) groups is 1. The van der Waals surface area contributed by atoms with Crippen LogP contribution in [0.5, 0.6) is 11.6 Å². The molecule has 1 spiro atoms. The van der Waals surface area contributed by atoms with Crippen LogP contribution in [0.1, 0.15) is 25.7 Å². The van der Waals surface area contributed by atoms with E-state index < -0.39 is 0 Å². The lowest BCUT2D eigenvalue weighted by Gasteiger charge is -2.45. The predicted molar refractivity (Wildman–Crippen MR) is 102 cm³/mol. The Morgan fingerprint density at radius 2 is 2.04 bits per heavy atom. The van der Waals surface area contributed by atoms with Crippen LogP contribution in [-0.4, -0.2) is 58.8 Å². The third-order valence-corrected chi connectivity index (χ3v) is 5.41. The first-order valence-corrected chi connectivity index (χ1v) is 9.75. The van der Waals surface area contributed by atoms with Gasteiger partial charge in [0.25, 0.3) is 5.91 Å². The Morgan fingerprint density at radius 3 is 2.79 bits per heavy atom. The number of ether oxygens (including phenoxy) is 3. The fraction of sp³-hybridized carbons (Fsp3) is 0.476. The molecule has 28 heavy (non-hydrogen) atoms. The number of carbonyl (C=O) groups excluding carboxylic acids is 1.